The molecule has 0 N–H and O–H groups in total. The quantitative estimate of drug-likeness (QED) is 0.498. The summed E-state index contributed by atoms with van der Waals surface area (Å²) in [6.07, 6.45) is 3.48. The van der Waals surface area contributed by atoms with Gasteiger partial charge in [0.2, 0.25) is 0 Å². The predicted molar refractivity (Wildman–Crippen MR) is 93.4 cm³/mol. The molecule has 0 aliphatic heterocycles. The summed E-state index contributed by atoms with van der Waals surface area (Å²) in [6.45, 7) is 6.36. The number of hydrogen-bond acceptors (Lipinski definition) is 5. The second-order valence-electron chi connectivity index (χ2n) is 5.19. The minimum Gasteiger partial charge on any atom is -0.469 e. The van der Waals surface area contributed by atoms with Gasteiger partial charge in [-0.3, -0.25) is 4.57 Å². The maximum atomic E-state index is 8.85. The van der Waals surface area contributed by atoms with Crippen molar-refractivity contribution in [1.82, 2.24) is 14.8 Å². The van der Waals surface area contributed by atoms with Crippen molar-refractivity contribution in [2.75, 3.05) is 0 Å². The van der Waals surface area contributed by atoms with Gasteiger partial charge >= 0.3 is 0 Å². The summed E-state index contributed by atoms with van der Waals surface area (Å²) in [6, 6.07) is 11.6. The second kappa shape index (κ2) is 7.20. The summed E-state index contributed by atoms with van der Waals surface area (Å²) in [7, 11) is 0. The number of thioether (sulfide) groups is 1. The zero-order chi connectivity index (χ0) is 16.9. The van der Waals surface area contributed by atoms with E-state index in [0.717, 1.165) is 33.6 Å². The molecule has 0 amide bonds. The molecule has 0 atom stereocenters. The van der Waals surface area contributed by atoms with E-state index in [1.807, 2.05) is 47.9 Å². The minimum atomic E-state index is 0.628. The molecule has 24 heavy (non-hydrogen) atoms. The predicted octanol–water partition coefficient (Wildman–Crippen LogP) is 4.20. The van der Waals surface area contributed by atoms with Gasteiger partial charge in [-0.2, -0.15) is 5.26 Å². The molecule has 120 valence electrons. The lowest BCUT2D eigenvalue weighted by atomic mass is 10.2. The Labute approximate surface area is 144 Å². The van der Waals surface area contributed by atoms with Gasteiger partial charge < -0.3 is 4.42 Å². The minimum absolute atomic E-state index is 0.628. The van der Waals surface area contributed by atoms with E-state index in [1.54, 1.807) is 18.0 Å². The molecule has 2 aromatic heterocycles. The van der Waals surface area contributed by atoms with Gasteiger partial charge in [0.1, 0.15) is 5.76 Å². The summed E-state index contributed by atoms with van der Waals surface area (Å²) >= 11 is 1.61. The zero-order valence-corrected chi connectivity index (χ0v) is 14.1. The van der Waals surface area contributed by atoms with Crippen molar-refractivity contribution in [3.8, 4) is 17.5 Å². The highest BCUT2D eigenvalue weighted by atomic mass is 32.2. The van der Waals surface area contributed by atoms with Crippen molar-refractivity contribution < 1.29 is 4.42 Å². The third-order valence-corrected chi connectivity index (χ3v) is 4.62. The Balaban J connectivity index is 1.82. The van der Waals surface area contributed by atoms with Crippen molar-refractivity contribution in [1.29, 1.82) is 5.26 Å². The van der Waals surface area contributed by atoms with Crippen LogP contribution in [0.25, 0.3) is 11.4 Å². The fourth-order valence-electron chi connectivity index (χ4n) is 2.33. The van der Waals surface area contributed by atoms with Crippen LogP contribution in [0.3, 0.4) is 0 Å². The molecule has 0 radical (unpaired) electrons. The zero-order valence-electron chi connectivity index (χ0n) is 13.3. The Bertz CT molecular complexity index is 887. The van der Waals surface area contributed by atoms with Crippen molar-refractivity contribution in [2.45, 2.75) is 24.4 Å². The molecule has 0 saturated heterocycles. The molecule has 3 rings (SSSR count). The Morgan fingerprint density at radius 1 is 1.29 bits per heavy atom. The van der Waals surface area contributed by atoms with Crippen LogP contribution in [0.1, 0.15) is 16.9 Å². The van der Waals surface area contributed by atoms with Gasteiger partial charge in [-0.1, -0.05) is 30.0 Å². The second-order valence-corrected chi connectivity index (χ2v) is 6.14. The molecule has 1 aromatic carbocycles. The lowest BCUT2D eigenvalue weighted by Gasteiger charge is -2.07. The van der Waals surface area contributed by atoms with Gasteiger partial charge in [0.15, 0.2) is 11.0 Å². The molecule has 0 spiro atoms. The van der Waals surface area contributed by atoms with E-state index in [9.17, 15) is 0 Å². The van der Waals surface area contributed by atoms with Crippen molar-refractivity contribution >= 4 is 11.8 Å². The maximum absolute atomic E-state index is 8.85. The van der Waals surface area contributed by atoms with Gasteiger partial charge in [-0.15, -0.1) is 16.8 Å². The summed E-state index contributed by atoms with van der Waals surface area (Å²) in [5.41, 5.74) is 2.74. The molecule has 0 aliphatic rings. The highest BCUT2D eigenvalue weighted by Gasteiger charge is 2.16. The van der Waals surface area contributed by atoms with Crippen molar-refractivity contribution in [3.05, 3.63) is 66.1 Å². The van der Waals surface area contributed by atoms with E-state index >= 15 is 0 Å². The number of hydrogen-bond donors (Lipinski definition) is 0. The van der Waals surface area contributed by atoms with Gasteiger partial charge in [-0.05, 0) is 30.7 Å². The highest BCUT2D eigenvalue weighted by Crippen LogP contribution is 2.28. The number of nitriles is 1. The fourth-order valence-corrected chi connectivity index (χ4v) is 3.23. The number of nitrogens with zero attached hydrogens (tertiary/aromatic N) is 4. The third kappa shape index (κ3) is 3.26. The Morgan fingerprint density at radius 3 is 2.71 bits per heavy atom. The van der Waals surface area contributed by atoms with Gasteiger partial charge in [-0.25, -0.2) is 0 Å². The van der Waals surface area contributed by atoms with Crippen molar-refractivity contribution in [3.63, 3.8) is 0 Å². The van der Waals surface area contributed by atoms with E-state index in [-0.39, 0.29) is 0 Å². The van der Waals surface area contributed by atoms with Crippen LogP contribution in [-0.2, 0) is 12.3 Å². The SMILES string of the molecule is C=CCn1c(SCc2ccc(C#N)cc2)nnc1-c1ccoc1C. The fraction of sp³-hybridized carbons (Fsp3) is 0.167. The third-order valence-electron chi connectivity index (χ3n) is 3.58. The number of furan rings is 1. The molecule has 0 unspecified atom stereocenters. The normalized spacial score (nSPS) is 10.5. The Kier molecular flexibility index (Phi) is 4.82. The molecule has 0 aliphatic carbocycles. The first-order valence-electron chi connectivity index (χ1n) is 7.43. The van der Waals surface area contributed by atoms with Crippen LogP contribution < -0.4 is 0 Å². The van der Waals surface area contributed by atoms with E-state index in [0.29, 0.717) is 12.1 Å². The van der Waals surface area contributed by atoms with E-state index in [4.69, 9.17) is 9.68 Å². The first-order valence-corrected chi connectivity index (χ1v) is 8.42. The molecule has 0 saturated carbocycles. The lowest BCUT2D eigenvalue weighted by Crippen LogP contribution is -2.00. The van der Waals surface area contributed by atoms with Crippen molar-refractivity contribution in [2.24, 2.45) is 0 Å². The summed E-state index contributed by atoms with van der Waals surface area (Å²) < 4.78 is 7.40. The monoisotopic (exact) mass is 336 g/mol. The molecular formula is C18H16N4OS. The van der Waals surface area contributed by atoms with Crippen LogP contribution in [0.4, 0.5) is 0 Å². The van der Waals surface area contributed by atoms with Crippen LogP contribution in [-0.4, -0.2) is 14.8 Å². The smallest absolute Gasteiger partial charge is 0.192 e. The number of aromatic nitrogens is 3. The molecular weight excluding hydrogens is 320 g/mol. The average Bonchev–Trinajstić information content (AvgIpc) is 3.20. The largest absolute Gasteiger partial charge is 0.469 e. The van der Waals surface area contributed by atoms with Gasteiger partial charge in [0.05, 0.1) is 23.5 Å². The maximum Gasteiger partial charge on any atom is 0.192 e. The lowest BCUT2D eigenvalue weighted by molar-refractivity contribution is 0.534. The van der Waals surface area contributed by atoms with E-state index in [2.05, 4.69) is 22.8 Å². The summed E-state index contributed by atoms with van der Waals surface area (Å²) in [4.78, 5) is 0. The molecule has 6 heteroatoms. The molecule has 5 nitrogen and oxygen atoms in total. The molecule has 2 heterocycles. The van der Waals surface area contributed by atoms with Gasteiger partial charge in [0, 0.05) is 12.3 Å². The molecule has 0 bridgehead atoms. The van der Waals surface area contributed by atoms with Crippen LogP contribution in [0.15, 0.2) is 58.8 Å². The van der Waals surface area contributed by atoms with Crippen LogP contribution >= 0.6 is 11.8 Å². The Hall–Kier alpha value is -2.78. The highest BCUT2D eigenvalue weighted by molar-refractivity contribution is 7.98. The van der Waals surface area contributed by atoms with Gasteiger partial charge in [0.25, 0.3) is 0 Å². The van der Waals surface area contributed by atoms with Crippen LogP contribution in [0.2, 0.25) is 0 Å². The average molecular weight is 336 g/mol. The molecule has 0 fully saturated rings. The van der Waals surface area contributed by atoms with Crippen LogP contribution in [0.5, 0.6) is 0 Å². The first-order chi connectivity index (χ1) is 11.7. The summed E-state index contributed by atoms with van der Waals surface area (Å²) in [5.74, 6) is 2.35. The number of rotatable bonds is 6. The van der Waals surface area contributed by atoms with Crippen LogP contribution in [0, 0.1) is 18.3 Å². The summed E-state index contributed by atoms with van der Waals surface area (Å²) in [5, 5.41) is 18.3. The number of aryl methyl sites for hydroxylation is 1. The standard InChI is InChI=1S/C18H16N4OS/c1-3-9-22-17(16-8-10-23-13(16)2)20-21-18(22)24-12-15-6-4-14(11-19)5-7-15/h3-8,10H,1,9,12H2,2H3. The topological polar surface area (TPSA) is 67.6 Å². The Morgan fingerprint density at radius 2 is 2.08 bits per heavy atom. The number of allylic oxidation sites excluding steroid dienone is 1. The molecule has 3 aromatic rings. The first kappa shape index (κ1) is 16.1. The van der Waals surface area contributed by atoms with E-state index in [1.165, 1.54) is 0 Å². The van der Waals surface area contributed by atoms with E-state index < -0.39 is 0 Å². The number of benzene rings is 1.